The van der Waals surface area contributed by atoms with Crippen LogP contribution in [0.1, 0.15) is 6.92 Å². The molecule has 56 valence electrons. The summed E-state index contributed by atoms with van der Waals surface area (Å²) in [5.74, 6) is 1.38. The summed E-state index contributed by atoms with van der Waals surface area (Å²) in [5, 5.41) is 13.4. The Bertz CT molecular complexity index is 194. The second-order valence-corrected chi connectivity index (χ2v) is 1.80. The van der Waals surface area contributed by atoms with Crippen molar-refractivity contribution < 1.29 is 0 Å². The SMILES string of the molecule is CCNc1nnc(NC)[nH]1. The normalized spacial score (nSPS) is 9.40. The molecular weight excluding hydrogens is 130 g/mol. The Balaban J connectivity index is 2.59. The van der Waals surface area contributed by atoms with Crippen LogP contribution in [0.25, 0.3) is 0 Å². The fourth-order valence-electron chi connectivity index (χ4n) is 0.622. The molecule has 5 nitrogen and oxygen atoms in total. The number of hydrogen-bond acceptors (Lipinski definition) is 4. The Hall–Kier alpha value is -1.26. The van der Waals surface area contributed by atoms with Crippen LogP contribution in [0.3, 0.4) is 0 Å². The van der Waals surface area contributed by atoms with Crippen LogP contribution in [0, 0.1) is 0 Å². The van der Waals surface area contributed by atoms with E-state index in [1.165, 1.54) is 0 Å². The zero-order chi connectivity index (χ0) is 7.40. The predicted octanol–water partition coefficient (Wildman–Crippen LogP) is 0.278. The van der Waals surface area contributed by atoms with Crippen molar-refractivity contribution in [2.24, 2.45) is 0 Å². The topological polar surface area (TPSA) is 65.6 Å². The van der Waals surface area contributed by atoms with E-state index < -0.39 is 0 Å². The number of nitrogens with zero attached hydrogens (tertiary/aromatic N) is 2. The lowest BCUT2D eigenvalue weighted by molar-refractivity contribution is 1.06. The summed E-state index contributed by atoms with van der Waals surface area (Å²) < 4.78 is 0. The van der Waals surface area contributed by atoms with Gasteiger partial charge in [-0.25, -0.2) is 0 Å². The molecule has 1 aromatic rings. The van der Waals surface area contributed by atoms with Gasteiger partial charge in [0.05, 0.1) is 0 Å². The molecule has 0 aliphatic heterocycles. The molecule has 0 aliphatic carbocycles. The summed E-state index contributed by atoms with van der Waals surface area (Å²) in [6, 6.07) is 0. The van der Waals surface area contributed by atoms with E-state index in [2.05, 4.69) is 25.8 Å². The number of nitrogens with one attached hydrogen (secondary N) is 3. The van der Waals surface area contributed by atoms with Crippen molar-refractivity contribution in [3.63, 3.8) is 0 Å². The van der Waals surface area contributed by atoms with Crippen molar-refractivity contribution in [3.8, 4) is 0 Å². The van der Waals surface area contributed by atoms with E-state index in [9.17, 15) is 0 Å². The molecule has 0 amide bonds. The van der Waals surface area contributed by atoms with Crippen molar-refractivity contribution in [3.05, 3.63) is 0 Å². The second kappa shape index (κ2) is 3.05. The fraction of sp³-hybridized carbons (Fsp3) is 0.600. The van der Waals surface area contributed by atoms with E-state index >= 15 is 0 Å². The maximum atomic E-state index is 3.80. The highest BCUT2D eigenvalue weighted by molar-refractivity contribution is 5.32. The molecular formula is C5H11N5. The number of aromatic nitrogens is 3. The first-order chi connectivity index (χ1) is 4.86. The van der Waals surface area contributed by atoms with Gasteiger partial charge in [0.2, 0.25) is 11.9 Å². The molecule has 3 N–H and O–H groups in total. The summed E-state index contributed by atoms with van der Waals surface area (Å²) in [6.07, 6.45) is 0. The van der Waals surface area contributed by atoms with E-state index in [4.69, 9.17) is 0 Å². The van der Waals surface area contributed by atoms with Gasteiger partial charge < -0.3 is 10.6 Å². The zero-order valence-electron chi connectivity index (χ0n) is 6.10. The number of aromatic amines is 1. The van der Waals surface area contributed by atoms with Gasteiger partial charge in [-0.05, 0) is 6.92 Å². The lowest BCUT2D eigenvalue weighted by Gasteiger charge is -1.93. The summed E-state index contributed by atoms with van der Waals surface area (Å²) in [6.45, 7) is 2.85. The minimum atomic E-state index is 0.677. The van der Waals surface area contributed by atoms with Crippen molar-refractivity contribution >= 4 is 11.9 Å². The molecule has 5 heteroatoms. The van der Waals surface area contributed by atoms with Gasteiger partial charge in [-0.2, -0.15) is 0 Å². The third kappa shape index (κ3) is 1.37. The maximum absolute atomic E-state index is 3.80. The minimum absolute atomic E-state index is 0.677. The number of anilines is 2. The smallest absolute Gasteiger partial charge is 0.223 e. The van der Waals surface area contributed by atoms with Gasteiger partial charge in [0, 0.05) is 13.6 Å². The van der Waals surface area contributed by atoms with E-state index in [0.717, 1.165) is 6.54 Å². The van der Waals surface area contributed by atoms with Gasteiger partial charge in [0.1, 0.15) is 0 Å². The van der Waals surface area contributed by atoms with Crippen LogP contribution in [0.5, 0.6) is 0 Å². The lowest BCUT2D eigenvalue weighted by atomic mass is 10.7. The average molecular weight is 141 g/mol. The van der Waals surface area contributed by atoms with Crippen LogP contribution in [0.4, 0.5) is 11.9 Å². The quantitative estimate of drug-likeness (QED) is 0.565. The van der Waals surface area contributed by atoms with Crippen LogP contribution < -0.4 is 10.6 Å². The second-order valence-electron chi connectivity index (χ2n) is 1.80. The number of hydrogen-bond donors (Lipinski definition) is 3. The first kappa shape index (κ1) is 6.85. The standard InChI is InChI=1S/C5H11N5/c1-3-7-5-8-4(6-2)9-10-5/h3H2,1-2H3,(H3,6,7,8,9,10). The van der Waals surface area contributed by atoms with Crippen molar-refractivity contribution in [1.82, 2.24) is 15.2 Å². The molecule has 0 saturated heterocycles. The summed E-state index contributed by atoms with van der Waals surface area (Å²) in [5.41, 5.74) is 0. The number of H-pyrrole nitrogens is 1. The van der Waals surface area contributed by atoms with Crippen LogP contribution in [-0.4, -0.2) is 28.8 Å². The van der Waals surface area contributed by atoms with Crippen LogP contribution in [0.2, 0.25) is 0 Å². The highest BCUT2D eigenvalue weighted by Crippen LogP contribution is 1.99. The summed E-state index contributed by atoms with van der Waals surface area (Å²) >= 11 is 0. The fourth-order valence-corrected chi connectivity index (χ4v) is 0.622. The molecule has 0 unspecified atom stereocenters. The molecule has 1 rings (SSSR count). The molecule has 1 heterocycles. The Morgan fingerprint density at radius 1 is 1.40 bits per heavy atom. The van der Waals surface area contributed by atoms with E-state index in [0.29, 0.717) is 11.9 Å². The van der Waals surface area contributed by atoms with Gasteiger partial charge in [-0.15, -0.1) is 10.2 Å². The Labute approximate surface area is 59.2 Å². The molecule has 0 atom stereocenters. The molecule has 0 radical (unpaired) electrons. The molecule has 0 aliphatic rings. The van der Waals surface area contributed by atoms with E-state index in [1.54, 1.807) is 7.05 Å². The van der Waals surface area contributed by atoms with Gasteiger partial charge >= 0.3 is 0 Å². The lowest BCUT2D eigenvalue weighted by Crippen LogP contribution is -1.98. The van der Waals surface area contributed by atoms with Gasteiger partial charge in [-0.1, -0.05) is 0 Å². The molecule has 0 fully saturated rings. The first-order valence-corrected chi connectivity index (χ1v) is 3.21. The highest BCUT2D eigenvalue weighted by Gasteiger charge is 1.95. The van der Waals surface area contributed by atoms with E-state index in [-0.39, 0.29) is 0 Å². The van der Waals surface area contributed by atoms with Crippen molar-refractivity contribution in [2.45, 2.75) is 6.92 Å². The molecule has 0 spiro atoms. The molecule has 0 saturated carbocycles. The minimum Gasteiger partial charge on any atom is -0.358 e. The molecule has 1 aromatic heterocycles. The molecule has 0 bridgehead atoms. The largest absolute Gasteiger partial charge is 0.358 e. The molecule has 0 aromatic carbocycles. The van der Waals surface area contributed by atoms with Crippen LogP contribution >= 0.6 is 0 Å². The van der Waals surface area contributed by atoms with Crippen LogP contribution in [0.15, 0.2) is 0 Å². The third-order valence-corrected chi connectivity index (χ3v) is 1.07. The summed E-state index contributed by atoms with van der Waals surface area (Å²) in [4.78, 5) is 2.92. The van der Waals surface area contributed by atoms with Crippen molar-refractivity contribution in [1.29, 1.82) is 0 Å². The Morgan fingerprint density at radius 2 is 2.10 bits per heavy atom. The predicted molar refractivity (Wildman–Crippen MR) is 40.1 cm³/mol. The van der Waals surface area contributed by atoms with Crippen LogP contribution in [-0.2, 0) is 0 Å². The third-order valence-electron chi connectivity index (χ3n) is 1.07. The molecule has 10 heavy (non-hydrogen) atoms. The Morgan fingerprint density at radius 3 is 2.60 bits per heavy atom. The van der Waals surface area contributed by atoms with Gasteiger partial charge in [-0.3, -0.25) is 4.98 Å². The maximum Gasteiger partial charge on any atom is 0.223 e. The number of rotatable bonds is 3. The Kier molecular flexibility index (Phi) is 2.09. The van der Waals surface area contributed by atoms with Gasteiger partial charge in [0.15, 0.2) is 0 Å². The van der Waals surface area contributed by atoms with Crippen molar-refractivity contribution in [2.75, 3.05) is 24.2 Å². The van der Waals surface area contributed by atoms with Gasteiger partial charge in [0.25, 0.3) is 0 Å². The monoisotopic (exact) mass is 141 g/mol. The first-order valence-electron chi connectivity index (χ1n) is 3.21. The zero-order valence-corrected chi connectivity index (χ0v) is 6.10. The highest BCUT2D eigenvalue weighted by atomic mass is 15.3. The van der Waals surface area contributed by atoms with E-state index in [1.807, 2.05) is 6.92 Å². The average Bonchev–Trinajstić information content (AvgIpc) is 2.37. The summed E-state index contributed by atoms with van der Waals surface area (Å²) in [7, 11) is 1.79.